The third kappa shape index (κ3) is 4.05. The van der Waals surface area contributed by atoms with Gasteiger partial charge in [0.1, 0.15) is 5.78 Å². The van der Waals surface area contributed by atoms with Gasteiger partial charge in [0.25, 0.3) is 0 Å². The SMILES string of the molecule is CCCC(C)(C)N(CC(C)N)C(C)(C)C(C)(C)C(C)=O. The van der Waals surface area contributed by atoms with Crippen LogP contribution in [0.15, 0.2) is 0 Å². The summed E-state index contributed by atoms with van der Waals surface area (Å²) >= 11 is 0. The van der Waals surface area contributed by atoms with Crippen LogP contribution in [0.1, 0.15) is 75.2 Å². The monoisotopic (exact) mass is 284 g/mol. The van der Waals surface area contributed by atoms with E-state index in [0.717, 1.165) is 19.4 Å². The smallest absolute Gasteiger partial charge is 0.137 e. The summed E-state index contributed by atoms with van der Waals surface area (Å²) in [6, 6.07) is 0.0909. The Morgan fingerprint density at radius 3 is 1.90 bits per heavy atom. The topological polar surface area (TPSA) is 46.3 Å². The standard InChI is InChI=1S/C17H36N2O/c1-10-11-15(4,5)19(12-13(2)18)17(8,9)16(6,7)14(3)20/h13H,10-12,18H2,1-9H3. The normalized spacial score (nSPS) is 15.6. The van der Waals surface area contributed by atoms with Crippen LogP contribution in [-0.4, -0.2) is 34.3 Å². The number of carbonyl (C=O) groups excluding carboxylic acids is 1. The van der Waals surface area contributed by atoms with Gasteiger partial charge in [0.05, 0.1) is 0 Å². The highest BCUT2D eigenvalue weighted by molar-refractivity contribution is 5.83. The van der Waals surface area contributed by atoms with Crippen molar-refractivity contribution in [2.75, 3.05) is 6.54 Å². The highest BCUT2D eigenvalue weighted by Crippen LogP contribution is 2.41. The Balaban J connectivity index is 5.69. The van der Waals surface area contributed by atoms with E-state index in [-0.39, 0.29) is 22.9 Å². The molecular formula is C17H36N2O. The number of hydrogen-bond donors (Lipinski definition) is 1. The first-order valence-corrected chi connectivity index (χ1v) is 7.85. The van der Waals surface area contributed by atoms with Gasteiger partial charge >= 0.3 is 0 Å². The largest absolute Gasteiger partial charge is 0.327 e. The molecule has 0 aromatic rings. The van der Waals surface area contributed by atoms with E-state index in [2.05, 4.69) is 39.5 Å². The average Bonchev–Trinajstić information content (AvgIpc) is 2.24. The van der Waals surface area contributed by atoms with Gasteiger partial charge in [0.2, 0.25) is 0 Å². The molecule has 3 nitrogen and oxygen atoms in total. The first-order valence-electron chi connectivity index (χ1n) is 7.85. The van der Waals surface area contributed by atoms with Gasteiger partial charge in [-0.15, -0.1) is 0 Å². The van der Waals surface area contributed by atoms with Crippen LogP contribution in [0.25, 0.3) is 0 Å². The zero-order valence-electron chi connectivity index (χ0n) is 15.1. The van der Waals surface area contributed by atoms with Crippen molar-refractivity contribution in [3.05, 3.63) is 0 Å². The van der Waals surface area contributed by atoms with Crippen molar-refractivity contribution >= 4 is 5.78 Å². The second-order valence-electron chi connectivity index (χ2n) is 7.89. The van der Waals surface area contributed by atoms with Gasteiger partial charge in [0, 0.05) is 29.1 Å². The summed E-state index contributed by atoms with van der Waals surface area (Å²) in [6.45, 7) is 19.7. The van der Waals surface area contributed by atoms with Crippen molar-refractivity contribution in [1.82, 2.24) is 4.90 Å². The molecule has 0 saturated heterocycles. The summed E-state index contributed by atoms with van der Waals surface area (Å²) in [5, 5.41) is 0. The molecule has 1 unspecified atom stereocenters. The third-order valence-corrected chi connectivity index (χ3v) is 5.15. The maximum Gasteiger partial charge on any atom is 0.137 e. The first kappa shape index (κ1) is 19.6. The Bertz CT molecular complexity index is 330. The molecule has 0 spiro atoms. The van der Waals surface area contributed by atoms with E-state index in [4.69, 9.17) is 5.73 Å². The Morgan fingerprint density at radius 2 is 1.60 bits per heavy atom. The van der Waals surface area contributed by atoms with Crippen molar-refractivity contribution < 1.29 is 4.79 Å². The minimum absolute atomic E-state index is 0.0264. The van der Waals surface area contributed by atoms with E-state index in [1.54, 1.807) is 6.92 Å². The predicted molar refractivity (Wildman–Crippen MR) is 87.9 cm³/mol. The fraction of sp³-hybridized carbons (Fsp3) is 0.941. The van der Waals surface area contributed by atoms with Crippen LogP contribution in [0.5, 0.6) is 0 Å². The van der Waals surface area contributed by atoms with Gasteiger partial charge in [-0.25, -0.2) is 0 Å². The fourth-order valence-corrected chi connectivity index (χ4v) is 3.03. The molecular weight excluding hydrogens is 248 g/mol. The second-order valence-corrected chi connectivity index (χ2v) is 7.89. The summed E-state index contributed by atoms with van der Waals surface area (Å²) in [5.74, 6) is 0.226. The van der Waals surface area contributed by atoms with Gasteiger partial charge in [-0.05, 0) is 48.0 Å². The van der Waals surface area contributed by atoms with Crippen LogP contribution in [0.3, 0.4) is 0 Å². The predicted octanol–water partition coefficient (Wildman–Crippen LogP) is 3.61. The minimum Gasteiger partial charge on any atom is -0.327 e. The summed E-state index contributed by atoms with van der Waals surface area (Å²) in [4.78, 5) is 14.6. The van der Waals surface area contributed by atoms with E-state index < -0.39 is 5.41 Å². The van der Waals surface area contributed by atoms with Crippen molar-refractivity contribution in [2.24, 2.45) is 11.1 Å². The van der Waals surface area contributed by atoms with Crippen molar-refractivity contribution in [2.45, 2.75) is 92.3 Å². The molecule has 0 bridgehead atoms. The summed E-state index contributed by atoms with van der Waals surface area (Å²) in [7, 11) is 0. The molecule has 0 radical (unpaired) electrons. The van der Waals surface area contributed by atoms with E-state index in [0.29, 0.717) is 0 Å². The molecule has 120 valence electrons. The number of carbonyl (C=O) groups is 1. The molecule has 1 atom stereocenters. The van der Waals surface area contributed by atoms with Crippen LogP contribution in [0.2, 0.25) is 0 Å². The van der Waals surface area contributed by atoms with Crippen LogP contribution < -0.4 is 5.73 Å². The molecule has 0 saturated carbocycles. The lowest BCUT2D eigenvalue weighted by Gasteiger charge is -2.55. The number of ketones is 1. The maximum atomic E-state index is 12.1. The lowest BCUT2D eigenvalue weighted by Crippen LogP contribution is -2.65. The molecule has 0 aliphatic heterocycles. The van der Waals surface area contributed by atoms with Crippen LogP contribution in [0.4, 0.5) is 0 Å². The Labute approximate surface area is 126 Å². The number of rotatable bonds is 8. The van der Waals surface area contributed by atoms with E-state index >= 15 is 0 Å². The molecule has 0 aromatic carbocycles. The van der Waals surface area contributed by atoms with E-state index in [1.807, 2.05) is 20.8 Å². The Hall–Kier alpha value is -0.410. The first-order chi connectivity index (χ1) is 8.80. The number of nitrogens with two attached hydrogens (primary N) is 1. The van der Waals surface area contributed by atoms with Gasteiger partial charge in [0.15, 0.2) is 0 Å². The third-order valence-electron chi connectivity index (χ3n) is 5.15. The minimum atomic E-state index is -0.410. The number of Topliss-reactive ketones (excluding diaryl/α,β-unsaturated/α-hetero) is 1. The molecule has 0 rings (SSSR count). The van der Waals surface area contributed by atoms with Crippen LogP contribution in [0, 0.1) is 5.41 Å². The zero-order valence-corrected chi connectivity index (χ0v) is 15.1. The highest BCUT2D eigenvalue weighted by atomic mass is 16.1. The van der Waals surface area contributed by atoms with Gasteiger partial charge in [-0.1, -0.05) is 27.2 Å². The van der Waals surface area contributed by atoms with Crippen molar-refractivity contribution in [3.63, 3.8) is 0 Å². The Kier molecular flexibility index (Phi) is 6.43. The van der Waals surface area contributed by atoms with Crippen molar-refractivity contribution in [3.8, 4) is 0 Å². The maximum absolute atomic E-state index is 12.1. The van der Waals surface area contributed by atoms with Gasteiger partial charge in [-0.3, -0.25) is 9.69 Å². The molecule has 0 aliphatic carbocycles. The lowest BCUT2D eigenvalue weighted by molar-refractivity contribution is -0.137. The van der Waals surface area contributed by atoms with Crippen LogP contribution in [-0.2, 0) is 4.79 Å². The van der Waals surface area contributed by atoms with Gasteiger partial charge < -0.3 is 5.73 Å². The summed E-state index contributed by atoms with van der Waals surface area (Å²) in [5.41, 5.74) is 5.45. The zero-order chi connectivity index (χ0) is 16.4. The number of hydrogen-bond acceptors (Lipinski definition) is 3. The quantitative estimate of drug-likeness (QED) is 0.740. The molecule has 20 heavy (non-hydrogen) atoms. The highest BCUT2D eigenvalue weighted by Gasteiger charge is 2.49. The lowest BCUT2D eigenvalue weighted by atomic mass is 9.69. The van der Waals surface area contributed by atoms with E-state index in [9.17, 15) is 4.79 Å². The second kappa shape index (κ2) is 6.57. The fourth-order valence-electron chi connectivity index (χ4n) is 3.03. The van der Waals surface area contributed by atoms with Gasteiger partial charge in [-0.2, -0.15) is 0 Å². The Morgan fingerprint density at radius 1 is 1.15 bits per heavy atom. The van der Waals surface area contributed by atoms with Crippen molar-refractivity contribution in [1.29, 1.82) is 0 Å². The van der Waals surface area contributed by atoms with E-state index in [1.165, 1.54) is 0 Å². The molecule has 0 aliphatic rings. The molecule has 2 N–H and O–H groups in total. The summed E-state index contributed by atoms with van der Waals surface area (Å²) < 4.78 is 0. The molecule has 0 aromatic heterocycles. The number of nitrogens with zero attached hydrogens (tertiary/aromatic N) is 1. The average molecular weight is 284 g/mol. The molecule has 0 fully saturated rings. The molecule has 3 heteroatoms. The summed E-state index contributed by atoms with van der Waals surface area (Å²) in [6.07, 6.45) is 2.22. The molecule has 0 heterocycles. The van der Waals surface area contributed by atoms with Crippen LogP contribution >= 0.6 is 0 Å². The molecule has 0 amide bonds.